The molecule has 0 aliphatic heterocycles. The highest BCUT2D eigenvalue weighted by Crippen LogP contribution is 2.18. The van der Waals surface area contributed by atoms with Crippen LogP contribution in [0.2, 0.25) is 5.02 Å². The largest absolute Gasteiger partial charge is 0.494 e. The van der Waals surface area contributed by atoms with E-state index in [2.05, 4.69) is 21.2 Å². The predicted molar refractivity (Wildman–Crippen MR) is 128 cm³/mol. The minimum atomic E-state index is -0.590. The van der Waals surface area contributed by atoms with Gasteiger partial charge >= 0.3 is 0 Å². The topological polar surface area (TPSA) is 58.6 Å². The minimum absolute atomic E-state index is 0.0841. The maximum absolute atomic E-state index is 13.0. The maximum atomic E-state index is 13.0. The van der Waals surface area contributed by atoms with Crippen molar-refractivity contribution in [2.75, 3.05) is 6.61 Å². The summed E-state index contributed by atoms with van der Waals surface area (Å²) >= 11 is 9.30. The number of hydrogen-bond acceptors (Lipinski definition) is 3. The summed E-state index contributed by atoms with van der Waals surface area (Å²) in [6, 6.07) is 14.3. The van der Waals surface area contributed by atoms with Gasteiger partial charge in [-0.25, -0.2) is 0 Å². The third kappa shape index (κ3) is 8.91. The number of ether oxygens (including phenoxy) is 1. The second-order valence-electron chi connectivity index (χ2n) is 8.47. The van der Waals surface area contributed by atoms with Gasteiger partial charge in [0.2, 0.25) is 11.8 Å². The van der Waals surface area contributed by atoms with Crippen molar-refractivity contribution in [1.29, 1.82) is 0 Å². The van der Waals surface area contributed by atoms with E-state index in [4.69, 9.17) is 16.3 Å². The number of carbonyl (C=O) groups is 2. The molecule has 1 N–H and O–H groups in total. The summed E-state index contributed by atoms with van der Waals surface area (Å²) in [4.78, 5) is 27.4. The lowest BCUT2D eigenvalue weighted by Gasteiger charge is -2.31. The molecule has 0 aliphatic carbocycles. The average Bonchev–Trinajstić information content (AvgIpc) is 2.70. The van der Waals surface area contributed by atoms with Crippen LogP contribution in [0.3, 0.4) is 0 Å². The van der Waals surface area contributed by atoms with Crippen molar-refractivity contribution in [3.8, 4) is 5.75 Å². The number of rotatable bonds is 9. The van der Waals surface area contributed by atoms with Gasteiger partial charge in [0.25, 0.3) is 0 Å². The number of nitrogens with one attached hydrogen (secondary N) is 1. The average molecular weight is 510 g/mol. The van der Waals surface area contributed by atoms with Gasteiger partial charge in [0.1, 0.15) is 11.8 Å². The highest BCUT2D eigenvalue weighted by molar-refractivity contribution is 9.10. The number of carbonyl (C=O) groups excluding carboxylic acids is 2. The third-order valence-corrected chi connectivity index (χ3v) is 5.33. The van der Waals surface area contributed by atoms with Crippen LogP contribution in [-0.2, 0) is 16.1 Å². The lowest BCUT2D eigenvalue weighted by atomic mass is 10.1. The van der Waals surface area contributed by atoms with Crippen molar-refractivity contribution in [3.63, 3.8) is 0 Å². The number of benzene rings is 2. The second-order valence-corrected chi connectivity index (χ2v) is 9.82. The van der Waals surface area contributed by atoms with Gasteiger partial charge in [0.15, 0.2) is 0 Å². The van der Waals surface area contributed by atoms with Crippen molar-refractivity contribution in [3.05, 3.63) is 63.6 Å². The van der Waals surface area contributed by atoms with Gasteiger partial charge in [-0.05, 0) is 76.1 Å². The monoisotopic (exact) mass is 508 g/mol. The Morgan fingerprint density at radius 3 is 2.29 bits per heavy atom. The molecule has 0 radical (unpaired) electrons. The molecule has 0 saturated carbocycles. The maximum Gasteiger partial charge on any atom is 0.242 e. The van der Waals surface area contributed by atoms with E-state index in [9.17, 15) is 9.59 Å². The molecular weight excluding hydrogens is 480 g/mol. The molecule has 0 bridgehead atoms. The highest BCUT2D eigenvalue weighted by atomic mass is 79.9. The molecule has 2 aromatic carbocycles. The molecule has 0 heterocycles. The zero-order valence-electron chi connectivity index (χ0n) is 18.5. The summed E-state index contributed by atoms with van der Waals surface area (Å²) in [5, 5.41) is 3.61. The van der Waals surface area contributed by atoms with E-state index in [1.807, 2.05) is 45.0 Å². The fourth-order valence-corrected chi connectivity index (χ4v) is 3.32. The van der Waals surface area contributed by atoms with Crippen LogP contribution in [0.15, 0.2) is 53.0 Å². The Balaban J connectivity index is 2.01. The number of amides is 2. The predicted octanol–water partition coefficient (Wildman–Crippen LogP) is 5.59. The van der Waals surface area contributed by atoms with Crippen LogP contribution in [0.25, 0.3) is 0 Å². The zero-order chi connectivity index (χ0) is 23.0. The van der Waals surface area contributed by atoms with Gasteiger partial charge in [-0.15, -0.1) is 0 Å². The molecular formula is C24H30BrClN2O3. The molecule has 2 amide bonds. The summed E-state index contributed by atoms with van der Waals surface area (Å²) in [6.07, 6.45) is 0.836. The van der Waals surface area contributed by atoms with Crippen molar-refractivity contribution >= 4 is 39.3 Å². The standard InChI is InChI=1S/C24H30BrClN2O3/c1-17(23(30)27-24(2,3)4)28(16-18-7-9-19(25)10-8-18)22(29)6-5-15-31-21-13-11-20(26)12-14-21/h7-14,17H,5-6,15-16H2,1-4H3,(H,27,30). The van der Waals surface area contributed by atoms with E-state index in [0.717, 1.165) is 10.0 Å². The first kappa shape index (κ1) is 25.2. The Morgan fingerprint density at radius 1 is 1.10 bits per heavy atom. The smallest absolute Gasteiger partial charge is 0.242 e. The zero-order valence-corrected chi connectivity index (χ0v) is 20.8. The fraction of sp³-hybridized carbons (Fsp3) is 0.417. The van der Waals surface area contributed by atoms with Gasteiger partial charge in [0, 0.05) is 28.0 Å². The van der Waals surface area contributed by atoms with Crippen molar-refractivity contribution < 1.29 is 14.3 Å². The van der Waals surface area contributed by atoms with E-state index >= 15 is 0 Å². The number of hydrogen-bond donors (Lipinski definition) is 1. The van der Waals surface area contributed by atoms with Crippen LogP contribution in [-0.4, -0.2) is 34.9 Å². The van der Waals surface area contributed by atoms with Gasteiger partial charge in [-0.3, -0.25) is 9.59 Å². The van der Waals surface area contributed by atoms with E-state index in [-0.39, 0.29) is 23.8 Å². The third-order valence-electron chi connectivity index (χ3n) is 4.55. The lowest BCUT2D eigenvalue weighted by Crippen LogP contribution is -2.52. The molecule has 2 rings (SSSR count). The highest BCUT2D eigenvalue weighted by Gasteiger charge is 2.28. The Hall–Kier alpha value is -2.05. The first-order chi connectivity index (χ1) is 14.5. The molecule has 0 spiro atoms. The molecule has 0 saturated heterocycles. The molecule has 0 aliphatic rings. The fourth-order valence-electron chi connectivity index (χ4n) is 2.93. The normalized spacial score (nSPS) is 12.2. The van der Waals surface area contributed by atoms with Gasteiger partial charge < -0.3 is 15.0 Å². The Bertz CT molecular complexity index is 864. The van der Waals surface area contributed by atoms with Crippen LogP contribution in [0, 0.1) is 0 Å². The molecule has 5 nitrogen and oxygen atoms in total. The van der Waals surface area contributed by atoms with Crippen LogP contribution in [0.5, 0.6) is 5.75 Å². The molecule has 7 heteroatoms. The summed E-state index contributed by atoms with van der Waals surface area (Å²) in [5.74, 6) is 0.455. The first-order valence-electron chi connectivity index (χ1n) is 10.3. The molecule has 1 atom stereocenters. The Labute approximate surface area is 198 Å². The Kier molecular flexibility index (Phi) is 9.38. The summed E-state index contributed by atoms with van der Waals surface area (Å²) in [6.45, 7) is 8.30. The van der Waals surface area contributed by atoms with Gasteiger partial charge in [-0.2, -0.15) is 0 Å². The minimum Gasteiger partial charge on any atom is -0.494 e. The number of nitrogens with zero attached hydrogens (tertiary/aromatic N) is 1. The summed E-state index contributed by atoms with van der Waals surface area (Å²) in [7, 11) is 0. The van der Waals surface area contributed by atoms with Gasteiger partial charge in [0.05, 0.1) is 6.61 Å². The molecule has 0 fully saturated rings. The van der Waals surface area contributed by atoms with Crippen LogP contribution >= 0.6 is 27.5 Å². The summed E-state index contributed by atoms with van der Waals surface area (Å²) in [5.41, 5.74) is 0.591. The van der Waals surface area contributed by atoms with Crippen LogP contribution < -0.4 is 10.1 Å². The van der Waals surface area contributed by atoms with E-state index < -0.39 is 6.04 Å². The van der Waals surface area contributed by atoms with Crippen LogP contribution in [0.4, 0.5) is 0 Å². The van der Waals surface area contributed by atoms with Gasteiger partial charge in [-0.1, -0.05) is 39.7 Å². The molecule has 31 heavy (non-hydrogen) atoms. The summed E-state index contributed by atoms with van der Waals surface area (Å²) < 4.78 is 6.65. The molecule has 2 aromatic rings. The van der Waals surface area contributed by atoms with E-state index in [1.165, 1.54) is 0 Å². The lowest BCUT2D eigenvalue weighted by molar-refractivity contribution is -0.141. The van der Waals surface area contributed by atoms with E-state index in [0.29, 0.717) is 30.3 Å². The quantitative estimate of drug-likeness (QED) is 0.448. The SMILES string of the molecule is CC(C(=O)NC(C)(C)C)N(Cc1ccc(Br)cc1)C(=O)CCCOc1ccc(Cl)cc1. The Morgan fingerprint density at radius 2 is 1.71 bits per heavy atom. The van der Waals surface area contributed by atoms with E-state index in [1.54, 1.807) is 36.1 Å². The van der Waals surface area contributed by atoms with Crippen molar-refractivity contribution in [2.45, 2.75) is 58.7 Å². The van der Waals surface area contributed by atoms with Crippen molar-refractivity contribution in [2.24, 2.45) is 0 Å². The van der Waals surface area contributed by atoms with Crippen molar-refractivity contribution in [1.82, 2.24) is 10.2 Å². The molecule has 1 unspecified atom stereocenters. The molecule has 168 valence electrons. The second kappa shape index (κ2) is 11.5. The molecule has 0 aromatic heterocycles. The van der Waals surface area contributed by atoms with Crippen LogP contribution in [0.1, 0.15) is 46.1 Å². The first-order valence-corrected chi connectivity index (χ1v) is 11.5. The number of halogens is 2.